The van der Waals surface area contributed by atoms with Crippen molar-refractivity contribution in [1.29, 1.82) is 0 Å². The summed E-state index contributed by atoms with van der Waals surface area (Å²) < 4.78 is 12.2. The standard InChI is InChI=1S/C18H30O3/c1-11-16(8,21-11)17(9)14(4,5)12(19)13(2,3)15(6,7)18(17)10-20-18/h11H,10H2,1-9H3/t11-,16-,17+,18+/m0/s1. The van der Waals surface area contributed by atoms with E-state index >= 15 is 0 Å². The summed E-state index contributed by atoms with van der Waals surface area (Å²) in [6.45, 7) is 20.0. The van der Waals surface area contributed by atoms with E-state index in [1.54, 1.807) is 0 Å². The quantitative estimate of drug-likeness (QED) is 0.694. The third kappa shape index (κ3) is 1.22. The Balaban J connectivity index is 2.28. The molecule has 1 spiro atoms. The average molecular weight is 294 g/mol. The van der Waals surface area contributed by atoms with Gasteiger partial charge in [0.1, 0.15) is 17.0 Å². The van der Waals surface area contributed by atoms with Crippen molar-refractivity contribution in [2.24, 2.45) is 21.7 Å². The summed E-state index contributed by atoms with van der Waals surface area (Å²) in [5.41, 5.74) is -2.04. The van der Waals surface area contributed by atoms with Gasteiger partial charge in [-0.25, -0.2) is 0 Å². The maximum Gasteiger partial charge on any atom is 0.145 e. The van der Waals surface area contributed by atoms with E-state index in [0.29, 0.717) is 5.78 Å². The van der Waals surface area contributed by atoms with E-state index in [0.717, 1.165) is 6.61 Å². The Labute approximate surface area is 128 Å². The van der Waals surface area contributed by atoms with Crippen LogP contribution in [0.1, 0.15) is 62.3 Å². The van der Waals surface area contributed by atoms with Gasteiger partial charge < -0.3 is 9.47 Å². The number of carbonyl (C=O) groups is 1. The first kappa shape index (κ1) is 15.5. The minimum Gasteiger partial charge on any atom is -0.368 e. The molecular formula is C18H30O3. The Morgan fingerprint density at radius 1 is 0.952 bits per heavy atom. The van der Waals surface area contributed by atoms with Crippen LogP contribution in [0.2, 0.25) is 0 Å². The highest BCUT2D eigenvalue weighted by Crippen LogP contribution is 2.77. The molecule has 0 N–H and O–H groups in total. The summed E-state index contributed by atoms with van der Waals surface area (Å²) in [5, 5.41) is 0. The maximum absolute atomic E-state index is 13.4. The minimum absolute atomic E-state index is 0.174. The molecule has 0 bridgehead atoms. The van der Waals surface area contributed by atoms with Crippen LogP contribution in [0.3, 0.4) is 0 Å². The molecule has 0 aromatic rings. The predicted molar refractivity (Wildman–Crippen MR) is 82.1 cm³/mol. The second-order valence-corrected chi connectivity index (χ2v) is 9.31. The highest BCUT2D eigenvalue weighted by atomic mass is 16.6. The SMILES string of the molecule is C[C@@H]1O[C@]1(C)[C@@]1(C)C(C)(C)C(=O)C(C)(C)C(C)(C)[C@]12CO2. The van der Waals surface area contributed by atoms with Crippen LogP contribution in [0.25, 0.3) is 0 Å². The van der Waals surface area contributed by atoms with Crippen LogP contribution >= 0.6 is 0 Å². The number of rotatable bonds is 1. The van der Waals surface area contributed by atoms with E-state index in [4.69, 9.17) is 9.47 Å². The fourth-order valence-electron chi connectivity index (χ4n) is 5.53. The number of Topliss-reactive ketones (excluding diaryl/α,β-unsaturated/α-hetero) is 1. The Hall–Kier alpha value is -0.410. The molecule has 3 rings (SSSR count). The van der Waals surface area contributed by atoms with Crippen molar-refractivity contribution < 1.29 is 14.3 Å². The van der Waals surface area contributed by atoms with Gasteiger partial charge in [0, 0.05) is 21.7 Å². The normalized spacial score (nSPS) is 52.8. The maximum atomic E-state index is 13.4. The summed E-state index contributed by atoms with van der Waals surface area (Å²) in [6, 6.07) is 0. The van der Waals surface area contributed by atoms with Gasteiger partial charge in [0.05, 0.1) is 12.7 Å². The number of ketones is 1. The molecule has 0 unspecified atom stereocenters. The van der Waals surface area contributed by atoms with Gasteiger partial charge in [0.2, 0.25) is 0 Å². The lowest BCUT2D eigenvalue weighted by molar-refractivity contribution is -0.203. The van der Waals surface area contributed by atoms with Gasteiger partial charge in [0.25, 0.3) is 0 Å². The summed E-state index contributed by atoms with van der Waals surface area (Å²) in [6.07, 6.45) is 0.174. The smallest absolute Gasteiger partial charge is 0.145 e. The first-order chi connectivity index (χ1) is 9.24. The third-order valence-corrected chi connectivity index (χ3v) is 8.33. The Morgan fingerprint density at radius 3 is 1.71 bits per heavy atom. The first-order valence-electron chi connectivity index (χ1n) is 8.11. The van der Waals surface area contributed by atoms with Crippen LogP contribution in [0.15, 0.2) is 0 Å². The van der Waals surface area contributed by atoms with Crippen molar-refractivity contribution in [3.8, 4) is 0 Å². The molecule has 3 fully saturated rings. The highest BCUT2D eigenvalue weighted by Gasteiger charge is 2.87. The molecule has 1 aliphatic carbocycles. The summed E-state index contributed by atoms with van der Waals surface area (Å²) in [7, 11) is 0. The molecule has 2 heterocycles. The minimum atomic E-state index is -0.484. The molecule has 0 radical (unpaired) electrons. The van der Waals surface area contributed by atoms with Crippen molar-refractivity contribution in [3.63, 3.8) is 0 Å². The number of carbonyl (C=O) groups excluding carboxylic acids is 1. The molecular weight excluding hydrogens is 264 g/mol. The molecule has 3 nitrogen and oxygen atoms in total. The monoisotopic (exact) mass is 294 g/mol. The zero-order valence-electron chi connectivity index (χ0n) is 15.0. The van der Waals surface area contributed by atoms with Gasteiger partial charge in [-0.3, -0.25) is 4.79 Å². The van der Waals surface area contributed by atoms with Crippen LogP contribution in [-0.4, -0.2) is 29.7 Å². The molecule has 0 amide bonds. The molecule has 1 saturated carbocycles. The number of hydrogen-bond donors (Lipinski definition) is 0. The van der Waals surface area contributed by atoms with E-state index in [1.807, 2.05) is 0 Å². The van der Waals surface area contributed by atoms with Crippen molar-refractivity contribution >= 4 is 5.78 Å². The number of epoxide rings is 2. The largest absolute Gasteiger partial charge is 0.368 e. The zero-order valence-corrected chi connectivity index (χ0v) is 15.0. The van der Waals surface area contributed by atoms with Crippen LogP contribution in [0.5, 0.6) is 0 Å². The molecule has 2 saturated heterocycles. The first-order valence-corrected chi connectivity index (χ1v) is 8.11. The molecule has 120 valence electrons. The van der Waals surface area contributed by atoms with Gasteiger partial charge in [-0.05, 0) is 13.8 Å². The molecule has 3 heteroatoms. The van der Waals surface area contributed by atoms with Gasteiger partial charge in [-0.2, -0.15) is 0 Å². The highest BCUT2D eigenvalue weighted by molar-refractivity contribution is 5.93. The van der Waals surface area contributed by atoms with Crippen LogP contribution in [-0.2, 0) is 14.3 Å². The van der Waals surface area contributed by atoms with E-state index in [2.05, 4.69) is 62.3 Å². The Morgan fingerprint density at radius 2 is 1.38 bits per heavy atom. The van der Waals surface area contributed by atoms with E-state index < -0.39 is 10.8 Å². The fourth-order valence-corrected chi connectivity index (χ4v) is 5.53. The lowest BCUT2D eigenvalue weighted by atomic mass is 9.36. The second-order valence-electron chi connectivity index (χ2n) is 9.31. The van der Waals surface area contributed by atoms with Crippen LogP contribution < -0.4 is 0 Å². The molecule has 0 aromatic heterocycles. The predicted octanol–water partition coefficient (Wildman–Crippen LogP) is 3.60. The molecule has 21 heavy (non-hydrogen) atoms. The number of hydrogen-bond acceptors (Lipinski definition) is 3. The lowest BCUT2D eigenvalue weighted by Crippen LogP contribution is -2.73. The van der Waals surface area contributed by atoms with E-state index in [-0.39, 0.29) is 28.1 Å². The van der Waals surface area contributed by atoms with Crippen molar-refractivity contribution in [2.75, 3.05) is 6.61 Å². The molecule has 4 atom stereocenters. The van der Waals surface area contributed by atoms with Gasteiger partial charge in [-0.1, -0.05) is 48.5 Å². The zero-order chi connectivity index (χ0) is 16.3. The fraction of sp³-hybridized carbons (Fsp3) is 0.944. The summed E-state index contributed by atoms with van der Waals surface area (Å²) in [4.78, 5) is 13.4. The van der Waals surface area contributed by atoms with Gasteiger partial charge >= 0.3 is 0 Å². The lowest BCUT2D eigenvalue weighted by Gasteiger charge is -2.64. The van der Waals surface area contributed by atoms with Crippen molar-refractivity contribution in [1.82, 2.24) is 0 Å². The topological polar surface area (TPSA) is 42.1 Å². The van der Waals surface area contributed by atoms with E-state index in [9.17, 15) is 4.79 Å². The van der Waals surface area contributed by atoms with Gasteiger partial charge in [-0.15, -0.1) is 0 Å². The average Bonchev–Trinajstić information content (AvgIpc) is 3.24. The third-order valence-electron chi connectivity index (χ3n) is 8.33. The van der Waals surface area contributed by atoms with Crippen molar-refractivity contribution in [2.45, 2.75) is 79.6 Å². The Kier molecular flexibility index (Phi) is 2.51. The molecule has 3 aliphatic rings. The van der Waals surface area contributed by atoms with Gasteiger partial charge in [0.15, 0.2) is 0 Å². The Bertz CT molecular complexity index is 527. The second kappa shape index (κ2) is 3.41. The van der Waals surface area contributed by atoms with E-state index in [1.165, 1.54) is 0 Å². The van der Waals surface area contributed by atoms with Crippen LogP contribution in [0, 0.1) is 21.7 Å². The summed E-state index contributed by atoms with van der Waals surface area (Å²) in [5.74, 6) is 0.326. The summed E-state index contributed by atoms with van der Waals surface area (Å²) >= 11 is 0. The number of ether oxygens (including phenoxy) is 2. The molecule has 0 aromatic carbocycles. The van der Waals surface area contributed by atoms with Crippen LogP contribution in [0.4, 0.5) is 0 Å². The molecule has 2 aliphatic heterocycles. The van der Waals surface area contributed by atoms with Crippen molar-refractivity contribution in [3.05, 3.63) is 0 Å².